The number of likely N-dealkylation sites (tertiary alicyclic amines) is 1. The lowest BCUT2D eigenvalue weighted by Gasteiger charge is -2.56. The molecule has 32 heavy (non-hydrogen) atoms. The number of hydrogen-bond donors (Lipinski definition) is 0. The first-order chi connectivity index (χ1) is 15.1. The van der Waals surface area contributed by atoms with Gasteiger partial charge in [0.1, 0.15) is 12.7 Å². The van der Waals surface area contributed by atoms with Gasteiger partial charge in [0.25, 0.3) is 11.8 Å². The molecule has 8 nitrogen and oxygen atoms in total. The largest absolute Gasteiger partial charge is 0.459 e. The van der Waals surface area contributed by atoms with E-state index in [0.29, 0.717) is 25.0 Å². The number of fused-ring (bicyclic) bond motifs is 1. The summed E-state index contributed by atoms with van der Waals surface area (Å²) in [6, 6.07) is 4.39. The Morgan fingerprint density at radius 3 is 2.19 bits per heavy atom. The van der Waals surface area contributed by atoms with Gasteiger partial charge >= 0.3 is 5.97 Å². The molecular formula is C24H30N2O6. The molecule has 1 aromatic carbocycles. The van der Waals surface area contributed by atoms with Crippen molar-refractivity contribution in [2.45, 2.75) is 69.9 Å². The minimum absolute atomic E-state index is 0.0314. The van der Waals surface area contributed by atoms with Crippen molar-refractivity contribution >= 4 is 17.8 Å². The molecule has 4 aliphatic heterocycles. The molecule has 2 atom stereocenters. The van der Waals surface area contributed by atoms with Gasteiger partial charge in [0.15, 0.2) is 0 Å². The average Bonchev–Trinajstić information content (AvgIpc) is 3.63. The van der Waals surface area contributed by atoms with E-state index in [4.69, 9.17) is 14.2 Å². The summed E-state index contributed by atoms with van der Waals surface area (Å²) in [7, 11) is 0. The van der Waals surface area contributed by atoms with Crippen LogP contribution in [0.15, 0.2) is 18.2 Å². The molecule has 3 saturated heterocycles. The lowest BCUT2D eigenvalue weighted by Crippen LogP contribution is -2.65. The number of piperidine rings is 1. The van der Waals surface area contributed by atoms with Crippen molar-refractivity contribution in [3.63, 3.8) is 0 Å². The van der Waals surface area contributed by atoms with Gasteiger partial charge in [-0.25, -0.2) is 4.79 Å². The van der Waals surface area contributed by atoms with Gasteiger partial charge < -0.3 is 14.2 Å². The predicted molar refractivity (Wildman–Crippen MR) is 115 cm³/mol. The third-order valence-electron chi connectivity index (χ3n) is 7.04. The van der Waals surface area contributed by atoms with Crippen LogP contribution in [0.1, 0.15) is 71.6 Å². The monoisotopic (exact) mass is 442 g/mol. The third kappa shape index (κ3) is 3.84. The number of rotatable bonds is 6. The van der Waals surface area contributed by atoms with E-state index in [1.165, 1.54) is 11.0 Å². The number of epoxide rings is 2. The molecule has 4 aliphatic rings. The maximum atomic E-state index is 13.3. The van der Waals surface area contributed by atoms with Crippen molar-refractivity contribution in [3.05, 3.63) is 34.9 Å². The minimum Gasteiger partial charge on any atom is -0.459 e. The summed E-state index contributed by atoms with van der Waals surface area (Å²) >= 11 is 0. The Morgan fingerprint density at radius 2 is 1.59 bits per heavy atom. The fourth-order valence-electron chi connectivity index (χ4n) is 5.45. The van der Waals surface area contributed by atoms with Crippen LogP contribution in [0, 0.1) is 0 Å². The van der Waals surface area contributed by atoms with E-state index >= 15 is 0 Å². The summed E-state index contributed by atoms with van der Waals surface area (Å²) in [6.45, 7) is 11.1. The number of amides is 2. The van der Waals surface area contributed by atoms with Crippen molar-refractivity contribution in [2.24, 2.45) is 0 Å². The van der Waals surface area contributed by atoms with Gasteiger partial charge in [-0.2, -0.15) is 0 Å². The molecule has 3 fully saturated rings. The van der Waals surface area contributed by atoms with Crippen LogP contribution in [0.2, 0.25) is 0 Å². The van der Waals surface area contributed by atoms with E-state index in [1.807, 2.05) is 0 Å². The summed E-state index contributed by atoms with van der Waals surface area (Å²) in [4.78, 5) is 42.8. The first-order valence-electron chi connectivity index (χ1n) is 11.3. The highest BCUT2D eigenvalue weighted by molar-refractivity contribution is 6.22. The van der Waals surface area contributed by atoms with Crippen molar-refractivity contribution in [3.8, 4) is 0 Å². The molecule has 0 aliphatic carbocycles. The summed E-state index contributed by atoms with van der Waals surface area (Å²) in [5, 5.41) is 0. The van der Waals surface area contributed by atoms with Gasteiger partial charge in [-0.15, -0.1) is 0 Å². The molecule has 0 N–H and O–H groups in total. The first-order valence-corrected chi connectivity index (χ1v) is 11.3. The van der Waals surface area contributed by atoms with Crippen molar-refractivity contribution in [2.75, 3.05) is 26.4 Å². The summed E-state index contributed by atoms with van der Waals surface area (Å²) in [5.74, 6) is -1.13. The molecule has 0 saturated carbocycles. The summed E-state index contributed by atoms with van der Waals surface area (Å²) in [6.07, 6.45) is 1.61. The van der Waals surface area contributed by atoms with Crippen molar-refractivity contribution in [1.29, 1.82) is 0 Å². The van der Waals surface area contributed by atoms with Gasteiger partial charge in [-0.05, 0) is 58.7 Å². The number of esters is 1. The maximum Gasteiger partial charge on any atom is 0.338 e. The SMILES string of the molecule is CC1(C)CC(N2C(=O)c3ccc(C(=O)OCC4CO4)cc3C2=O)CC(C)(C)N1CC1CO1. The lowest BCUT2D eigenvalue weighted by molar-refractivity contribution is -0.0579. The molecular weight excluding hydrogens is 412 g/mol. The van der Waals surface area contributed by atoms with Gasteiger partial charge in [0.05, 0.1) is 36.0 Å². The van der Waals surface area contributed by atoms with E-state index < -0.39 is 5.97 Å². The highest BCUT2D eigenvalue weighted by atomic mass is 16.6. The second-order valence-corrected chi connectivity index (χ2v) is 10.5. The van der Waals surface area contributed by atoms with Crippen LogP contribution in [-0.2, 0) is 14.2 Å². The zero-order valence-corrected chi connectivity index (χ0v) is 19.1. The van der Waals surface area contributed by atoms with Crippen LogP contribution in [0.25, 0.3) is 0 Å². The Kier molecular flexibility index (Phi) is 4.96. The zero-order valence-electron chi connectivity index (χ0n) is 19.1. The van der Waals surface area contributed by atoms with Gasteiger partial charge in [0.2, 0.25) is 0 Å². The normalized spacial score (nSPS) is 28.6. The van der Waals surface area contributed by atoms with Crippen molar-refractivity contribution in [1.82, 2.24) is 9.80 Å². The lowest BCUT2D eigenvalue weighted by atomic mass is 9.76. The molecule has 0 spiro atoms. The van der Waals surface area contributed by atoms with Crippen LogP contribution in [0.4, 0.5) is 0 Å². The summed E-state index contributed by atoms with van der Waals surface area (Å²) < 4.78 is 15.7. The van der Waals surface area contributed by atoms with Crippen molar-refractivity contribution < 1.29 is 28.6 Å². The maximum absolute atomic E-state index is 13.3. The number of carbonyl (C=O) groups excluding carboxylic acids is 3. The molecule has 0 aromatic heterocycles. The molecule has 2 unspecified atom stereocenters. The van der Waals surface area contributed by atoms with E-state index in [1.54, 1.807) is 12.1 Å². The van der Waals surface area contributed by atoms with Crippen LogP contribution < -0.4 is 0 Å². The third-order valence-corrected chi connectivity index (χ3v) is 7.04. The first kappa shape index (κ1) is 21.6. The Bertz CT molecular complexity index is 961. The molecule has 172 valence electrons. The average molecular weight is 443 g/mol. The van der Waals surface area contributed by atoms with Crippen LogP contribution in [0.5, 0.6) is 0 Å². The zero-order chi connectivity index (χ0) is 22.8. The molecule has 8 heteroatoms. The number of hydrogen-bond acceptors (Lipinski definition) is 7. The highest BCUT2D eigenvalue weighted by Crippen LogP contribution is 2.43. The number of nitrogens with zero attached hydrogens (tertiary/aromatic N) is 2. The fourth-order valence-corrected chi connectivity index (χ4v) is 5.45. The molecule has 5 rings (SSSR count). The number of ether oxygens (including phenoxy) is 3. The predicted octanol–water partition coefficient (Wildman–Crippen LogP) is 2.26. The smallest absolute Gasteiger partial charge is 0.338 e. The van der Waals surface area contributed by atoms with Gasteiger partial charge in [0, 0.05) is 23.7 Å². The van der Waals surface area contributed by atoms with Gasteiger partial charge in [-0.3, -0.25) is 19.4 Å². The highest BCUT2D eigenvalue weighted by Gasteiger charge is 2.52. The van der Waals surface area contributed by atoms with E-state index in [9.17, 15) is 14.4 Å². The quantitative estimate of drug-likeness (QED) is 0.379. The Morgan fingerprint density at radius 1 is 1.00 bits per heavy atom. The standard InChI is InChI=1S/C24H30N2O6/c1-23(2)8-15(9-24(3,4)25(23)10-16-11-30-16)26-20(27)18-6-5-14(7-19(18)21(26)28)22(29)32-13-17-12-31-17/h5-7,15-17H,8-13H2,1-4H3. The van der Waals surface area contributed by atoms with Gasteiger partial charge in [-0.1, -0.05) is 0 Å². The number of carbonyl (C=O) groups is 3. The number of imide groups is 1. The molecule has 2 amide bonds. The number of benzene rings is 1. The van der Waals surface area contributed by atoms with E-state index in [0.717, 1.165) is 13.2 Å². The summed E-state index contributed by atoms with van der Waals surface area (Å²) in [5.41, 5.74) is 0.492. The molecule has 0 radical (unpaired) electrons. The Balaban J connectivity index is 1.36. The Labute approximate surface area is 187 Å². The van der Waals surface area contributed by atoms with E-state index in [-0.39, 0.29) is 58.9 Å². The second kappa shape index (κ2) is 7.37. The van der Waals surface area contributed by atoms with Crippen LogP contribution in [0.3, 0.4) is 0 Å². The van der Waals surface area contributed by atoms with E-state index in [2.05, 4.69) is 32.6 Å². The molecule has 1 aromatic rings. The minimum atomic E-state index is -0.514. The fraction of sp³-hybridized carbons (Fsp3) is 0.625. The molecule has 4 heterocycles. The van der Waals surface area contributed by atoms with Crippen LogP contribution >= 0.6 is 0 Å². The topological polar surface area (TPSA) is 92.0 Å². The Hall–Kier alpha value is -2.29. The second-order valence-electron chi connectivity index (χ2n) is 10.5. The molecule has 0 bridgehead atoms. The van der Waals surface area contributed by atoms with Crippen LogP contribution in [-0.4, -0.2) is 83.3 Å².